The number of nitrogens with zero attached hydrogens (tertiary/aromatic N) is 1. The van der Waals surface area contributed by atoms with Crippen LogP contribution < -0.4 is 4.74 Å². The minimum absolute atomic E-state index is 0.318. The van der Waals surface area contributed by atoms with Crippen molar-refractivity contribution in [1.29, 1.82) is 0 Å². The van der Waals surface area contributed by atoms with Crippen LogP contribution in [0.3, 0.4) is 0 Å². The number of aliphatic hydroxyl groups is 1. The molecule has 1 aliphatic heterocycles. The Morgan fingerprint density at radius 1 is 1.42 bits per heavy atom. The molecule has 1 saturated heterocycles. The van der Waals surface area contributed by atoms with Crippen molar-refractivity contribution >= 4 is 0 Å². The van der Waals surface area contributed by atoms with Crippen LogP contribution in [0.4, 0.5) is 0 Å². The van der Waals surface area contributed by atoms with Crippen LogP contribution in [0.1, 0.15) is 24.8 Å². The van der Waals surface area contributed by atoms with Crippen molar-refractivity contribution in [3.05, 3.63) is 29.8 Å². The molecule has 0 unspecified atom stereocenters. The highest BCUT2D eigenvalue weighted by Crippen LogP contribution is 2.19. The molecule has 1 heterocycles. The Morgan fingerprint density at radius 3 is 3.11 bits per heavy atom. The van der Waals surface area contributed by atoms with Crippen molar-refractivity contribution in [2.45, 2.75) is 26.2 Å². The summed E-state index contributed by atoms with van der Waals surface area (Å²) >= 11 is 0. The summed E-state index contributed by atoms with van der Waals surface area (Å²) in [6.45, 7) is 6.40. The molecule has 0 amide bonds. The average Bonchev–Trinajstić information content (AvgIpc) is 2.40. The highest BCUT2D eigenvalue weighted by molar-refractivity contribution is 5.27. The summed E-state index contributed by atoms with van der Waals surface area (Å²) < 4.78 is 5.79. The van der Waals surface area contributed by atoms with Crippen molar-refractivity contribution in [1.82, 2.24) is 4.90 Å². The van der Waals surface area contributed by atoms with Gasteiger partial charge in [0.25, 0.3) is 0 Å². The zero-order chi connectivity index (χ0) is 13.5. The predicted molar refractivity (Wildman–Crippen MR) is 77.5 cm³/mol. The van der Waals surface area contributed by atoms with E-state index < -0.39 is 0 Å². The van der Waals surface area contributed by atoms with Crippen LogP contribution >= 0.6 is 0 Å². The van der Waals surface area contributed by atoms with Gasteiger partial charge in [0.2, 0.25) is 0 Å². The maximum Gasteiger partial charge on any atom is 0.119 e. The molecule has 2 rings (SSSR count). The number of hydrogen-bond acceptors (Lipinski definition) is 3. The number of aliphatic hydroxyl groups excluding tert-OH is 1. The highest BCUT2D eigenvalue weighted by Gasteiger charge is 2.18. The molecule has 0 aliphatic carbocycles. The van der Waals surface area contributed by atoms with Crippen LogP contribution in [0, 0.1) is 12.8 Å². The highest BCUT2D eigenvalue weighted by atomic mass is 16.5. The fourth-order valence-corrected chi connectivity index (χ4v) is 2.77. The standard InChI is InChI=1S/C16H25NO2/c1-14-4-2-6-16(12-14)19-11-9-17-8-3-5-15(13-17)7-10-18/h2,4,6,12,15,18H,3,5,7-11,13H2,1H3/t15-/m0/s1. The van der Waals surface area contributed by atoms with Crippen LogP contribution in [0.15, 0.2) is 24.3 Å². The summed E-state index contributed by atoms with van der Waals surface area (Å²) in [6, 6.07) is 8.20. The summed E-state index contributed by atoms with van der Waals surface area (Å²) in [5, 5.41) is 9.01. The van der Waals surface area contributed by atoms with Crippen LogP contribution in [0.5, 0.6) is 5.75 Å². The van der Waals surface area contributed by atoms with E-state index in [9.17, 15) is 0 Å². The molecule has 1 N–H and O–H groups in total. The van der Waals surface area contributed by atoms with E-state index in [2.05, 4.69) is 24.0 Å². The molecule has 0 bridgehead atoms. The largest absolute Gasteiger partial charge is 0.492 e. The molecule has 19 heavy (non-hydrogen) atoms. The van der Waals surface area contributed by atoms with Gasteiger partial charge in [-0.25, -0.2) is 0 Å². The normalized spacial score (nSPS) is 20.4. The minimum Gasteiger partial charge on any atom is -0.492 e. The van der Waals surface area contributed by atoms with E-state index in [1.807, 2.05) is 12.1 Å². The second-order valence-corrected chi connectivity index (χ2v) is 5.49. The van der Waals surface area contributed by atoms with Crippen LogP contribution in [0.2, 0.25) is 0 Å². The maximum atomic E-state index is 9.01. The molecule has 3 nitrogen and oxygen atoms in total. The lowest BCUT2D eigenvalue weighted by molar-refractivity contribution is 0.129. The van der Waals surface area contributed by atoms with E-state index in [0.717, 1.165) is 31.9 Å². The lowest BCUT2D eigenvalue weighted by atomic mass is 9.95. The number of aryl methyl sites for hydroxylation is 1. The fourth-order valence-electron chi connectivity index (χ4n) is 2.77. The molecule has 1 fully saturated rings. The summed E-state index contributed by atoms with van der Waals surface area (Å²) in [6.07, 6.45) is 3.44. The van der Waals surface area contributed by atoms with Gasteiger partial charge >= 0.3 is 0 Å². The summed E-state index contributed by atoms with van der Waals surface area (Å²) in [5.41, 5.74) is 1.23. The maximum absolute atomic E-state index is 9.01. The van der Waals surface area contributed by atoms with Gasteiger partial charge in [0, 0.05) is 19.7 Å². The van der Waals surface area contributed by atoms with Gasteiger partial charge in [-0.1, -0.05) is 12.1 Å². The Balaban J connectivity index is 1.70. The zero-order valence-electron chi connectivity index (χ0n) is 11.8. The number of hydrogen-bond donors (Lipinski definition) is 1. The van der Waals surface area contributed by atoms with Crippen LogP contribution in [0.25, 0.3) is 0 Å². The molecule has 3 heteroatoms. The van der Waals surface area contributed by atoms with Gasteiger partial charge in [-0.15, -0.1) is 0 Å². The Bertz CT molecular complexity index is 379. The smallest absolute Gasteiger partial charge is 0.119 e. The fraction of sp³-hybridized carbons (Fsp3) is 0.625. The second kappa shape index (κ2) is 7.51. The quantitative estimate of drug-likeness (QED) is 0.856. The van der Waals surface area contributed by atoms with Crippen molar-refractivity contribution in [3.63, 3.8) is 0 Å². The monoisotopic (exact) mass is 263 g/mol. The first-order chi connectivity index (χ1) is 9.28. The molecule has 1 aliphatic rings. The van der Waals surface area contributed by atoms with E-state index >= 15 is 0 Å². The first-order valence-electron chi connectivity index (χ1n) is 7.30. The Morgan fingerprint density at radius 2 is 2.32 bits per heavy atom. The zero-order valence-corrected chi connectivity index (χ0v) is 11.8. The molecule has 106 valence electrons. The summed E-state index contributed by atoms with van der Waals surface area (Å²) in [5.74, 6) is 1.63. The topological polar surface area (TPSA) is 32.7 Å². The van der Waals surface area contributed by atoms with Crippen molar-refractivity contribution in [2.75, 3.05) is 32.8 Å². The van der Waals surface area contributed by atoms with E-state index in [4.69, 9.17) is 9.84 Å². The lowest BCUT2D eigenvalue weighted by Crippen LogP contribution is -2.38. The molecular weight excluding hydrogens is 238 g/mol. The Hall–Kier alpha value is -1.06. The van der Waals surface area contributed by atoms with E-state index in [1.54, 1.807) is 0 Å². The first-order valence-corrected chi connectivity index (χ1v) is 7.30. The predicted octanol–water partition coefficient (Wildman–Crippen LogP) is 2.47. The minimum atomic E-state index is 0.318. The van der Waals surface area contributed by atoms with Crippen LogP contribution in [-0.4, -0.2) is 42.9 Å². The third-order valence-corrected chi connectivity index (χ3v) is 3.81. The molecule has 0 spiro atoms. The Kier molecular flexibility index (Phi) is 5.67. The SMILES string of the molecule is Cc1cccc(OCCN2CCC[C@@H](CCO)C2)c1. The third kappa shape index (κ3) is 4.84. The summed E-state index contributed by atoms with van der Waals surface area (Å²) in [4.78, 5) is 2.46. The molecule has 0 aromatic heterocycles. The van der Waals surface area contributed by atoms with Crippen molar-refractivity contribution in [2.24, 2.45) is 5.92 Å². The summed E-state index contributed by atoms with van der Waals surface area (Å²) in [7, 11) is 0. The van der Waals surface area contributed by atoms with E-state index in [0.29, 0.717) is 12.5 Å². The second-order valence-electron chi connectivity index (χ2n) is 5.49. The van der Waals surface area contributed by atoms with Gasteiger partial charge in [-0.3, -0.25) is 4.90 Å². The number of benzene rings is 1. The number of ether oxygens (including phenoxy) is 1. The first kappa shape index (κ1) is 14.4. The van der Waals surface area contributed by atoms with Crippen molar-refractivity contribution < 1.29 is 9.84 Å². The van der Waals surface area contributed by atoms with E-state index in [-0.39, 0.29) is 0 Å². The average molecular weight is 263 g/mol. The molecular formula is C16H25NO2. The number of rotatable bonds is 6. The van der Waals surface area contributed by atoms with Gasteiger partial charge in [-0.2, -0.15) is 0 Å². The molecule has 1 aromatic carbocycles. The molecule has 0 radical (unpaired) electrons. The van der Waals surface area contributed by atoms with Gasteiger partial charge in [0.05, 0.1) is 0 Å². The number of piperidine rings is 1. The Labute approximate surface area is 116 Å². The van der Waals surface area contributed by atoms with Crippen molar-refractivity contribution in [3.8, 4) is 5.75 Å². The van der Waals surface area contributed by atoms with Gasteiger partial charge in [-0.05, 0) is 56.3 Å². The van der Waals surface area contributed by atoms with E-state index in [1.165, 1.54) is 24.9 Å². The lowest BCUT2D eigenvalue weighted by Gasteiger charge is -2.32. The van der Waals surface area contributed by atoms with Gasteiger partial charge in [0.15, 0.2) is 0 Å². The van der Waals surface area contributed by atoms with Gasteiger partial charge in [0.1, 0.15) is 12.4 Å². The molecule has 1 aromatic rings. The molecule has 0 saturated carbocycles. The number of likely N-dealkylation sites (tertiary alicyclic amines) is 1. The molecule has 1 atom stereocenters. The van der Waals surface area contributed by atoms with Gasteiger partial charge < -0.3 is 9.84 Å². The third-order valence-electron chi connectivity index (χ3n) is 3.81. The van der Waals surface area contributed by atoms with Crippen LogP contribution in [-0.2, 0) is 0 Å².